The van der Waals surface area contributed by atoms with Gasteiger partial charge in [0.1, 0.15) is 17.7 Å². The maximum atomic E-state index is 13.9. The first-order valence-electron chi connectivity index (χ1n) is 12.9. The number of hydrogen-bond acceptors (Lipinski definition) is 6. The molecule has 0 heterocycles. The molecule has 3 rings (SSSR count). The van der Waals surface area contributed by atoms with Crippen molar-refractivity contribution in [2.75, 3.05) is 18.5 Å². The number of ether oxygens (including phenoxy) is 1. The fraction of sp³-hybridized carbons (Fsp3) is 0.333. The third kappa shape index (κ3) is 8.28. The molecule has 0 radical (unpaired) electrons. The molecule has 0 bridgehead atoms. The van der Waals surface area contributed by atoms with Crippen LogP contribution in [-0.2, 0) is 19.1 Å². The second-order valence-electron chi connectivity index (χ2n) is 10.5. The van der Waals surface area contributed by atoms with Crippen LogP contribution in [0.4, 0.5) is 10.5 Å². The van der Waals surface area contributed by atoms with Crippen molar-refractivity contribution >= 4 is 40.3 Å². The van der Waals surface area contributed by atoms with E-state index in [-0.39, 0.29) is 6.54 Å². The van der Waals surface area contributed by atoms with Crippen molar-refractivity contribution in [2.45, 2.75) is 51.8 Å². The van der Waals surface area contributed by atoms with Gasteiger partial charge in [-0.05, 0) is 56.2 Å². The summed E-state index contributed by atoms with van der Waals surface area (Å²) in [6, 6.07) is 17.5. The maximum absolute atomic E-state index is 13.9. The molecule has 10 heteroatoms. The van der Waals surface area contributed by atoms with Crippen molar-refractivity contribution in [1.29, 1.82) is 0 Å². The number of rotatable bonds is 10. The summed E-state index contributed by atoms with van der Waals surface area (Å²) in [6.07, 6.45) is -1.46. The zero-order valence-electron chi connectivity index (χ0n) is 23.1. The Morgan fingerprint density at radius 2 is 1.68 bits per heavy atom. The van der Waals surface area contributed by atoms with E-state index in [4.69, 9.17) is 10.5 Å². The number of nitrogens with two attached hydrogens (primary N) is 1. The van der Waals surface area contributed by atoms with Crippen molar-refractivity contribution < 1.29 is 29.0 Å². The second kappa shape index (κ2) is 13.1. The number of benzene rings is 3. The van der Waals surface area contributed by atoms with Gasteiger partial charge < -0.3 is 31.1 Å². The lowest BCUT2D eigenvalue weighted by atomic mass is 10.00. The van der Waals surface area contributed by atoms with Gasteiger partial charge in [0.05, 0.1) is 13.0 Å². The molecule has 212 valence electrons. The number of alkyl carbamates (subject to hydrolysis) is 1. The first kappa shape index (κ1) is 30.1. The summed E-state index contributed by atoms with van der Waals surface area (Å²) < 4.78 is 5.26. The van der Waals surface area contributed by atoms with E-state index in [1.54, 1.807) is 45.0 Å². The van der Waals surface area contributed by atoms with Crippen LogP contribution in [0, 0.1) is 6.92 Å². The zero-order chi connectivity index (χ0) is 29.4. The Kier molecular flexibility index (Phi) is 9.84. The van der Waals surface area contributed by atoms with E-state index in [1.165, 1.54) is 0 Å². The summed E-state index contributed by atoms with van der Waals surface area (Å²) in [5.74, 6) is -2.16. The van der Waals surface area contributed by atoms with Crippen molar-refractivity contribution in [1.82, 2.24) is 10.2 Å². The molecule has 2 atom stereocenters. The Morgan fingerprint density at radius 1 is 0.975 bits per heavy atom. The minimum atomic E-state index is -1.43. The maximum Gasteiger partial charge on any atom is 0.408 e. The number of primary amides is 1. The fourth-order valence-electron chi connectivity index (χ4n) is 4.32. The Bertz CT molecular complexity index is 1380. The minimum Gasteiger partial charge on any atom is -0.444 e. The van der Waals surface area contributed by atoms with Crippen LogP contribution in [0.25, 0.3) is 10.8 Å². The fourth-order valence-corrected chi connectivity index (χ4v) is 4.32. The van der Waals surface area contributed by atoms with Crippen LogP contribution in [-0.4, -0.2) is 58.6 Å². The van der Waals surface area contributed by atoms with Crippen molar-refractivity contribution in [3.05, 3.63) is 77.9 Å². The van der Waals surface area contributed by atoms with E-state index in [9.17, 15) is 24.3 Å². The molecule has 0 spiro atoms. The lowest BCUT2D eigenvalue weighted by molar-refractivity contribution is -0.142. The molecule has 5 N–H and O–H groups in total. The van der Waals surface area contributed by atoms with Gasteiger partial charge in [-0.1, -0.05) is 60.2 Å². The molecule has 0 saturated heterocycles. The van der Waals surface area contributed by atoms with Crippen LogP contribution in [0.3, 0.4) is 0 Å². The van der Waals surface area contributed by atoms with Gasteiger partial charge in [0, 0.05) is 12.2 Å². The number of carbonyl (C=O) groups excluding carboxylic acids is 4. The number of fused-ring (bicyclic) bond motifs is 1. The van der Waals surface area contributed by atoms with Crippen molar-refractivity contribution in [3.8, 4) is 0 Å². The van der Waals surface area contributed by atoms with E-state index in [0.29, 0.717) is 11.3 Å². The van der Waals surface area contributed by atoms with Gasteiger partial charge in [0.2, 0.25) is 11.8 Å². The molecular weight excluding hydrogens is 512 g/mol. The summed E-state index contributed by atoms with van der Waals surface area (Å²) >= 11 is 0. The highest BCUT2D eigenvalue weighted by atomic mass is 16.6. The number of hydrogen-bond donors (Lipinski definition) is 4. The lowest BCUT2D eigenvalue weighted by Gasteiger charge is -2.34. The Morgan fingerprint density at radius 3 is 2.30 bits per heavy atom. The van der Waals surface area contributed by atoms with E-state index in [1.807, 2.05) is 49.4 Å². The Balaban J connectivity index is 2.00. The van der Waals surface area contributed by atoms with Crippen LogP contribution >= 0.6 is 0 Å². The molecule has 2 unspecified atom stereocenters. The van der Waals surface area contributed by atoms with Crippen LogP contribution in [0.2, 0.25) is 0 Å². The first-order valence-corrected chi connectivity index (χ1v) is 12.9. The molecule has 0 fully saturated rings. The molecule has 0 aromatic heterocycles. The monoisotopic (exact) mass is 548 g/mol. The van der Waals surface area contributed by atoms with E-state index < -0.39 is 54.5 Å². The highest BCUT2D eigenvalue weighted by Crippen LogP contribution is 2.26. The number of aliphatic hydroxyl groups is 1. The second-order valence-corrected chi connectivity index (χ2v) is 10.5. The number of nitrogens with zero attached hydrogens (tertiary/aromatic N) is 1. The molecular formula is C30H36N4O6. The van der Waals surface area contributed by atoms with Crippen LogP contribution in [0.1, 0.15) is 44.4 Å². The highest BCUT2D eigenvalue weighted by Gasteiger charge is 2.37. The number of amides is 4. The molecule has 4 amide bonds. The molecule has 0 aliphatic carbocycles. The molecule has 3 aromatic rings. The third-order valence-corrected chi connectivity index (χ3v) is 5.95. The molecule has 40 heavy (non-hydrogen) atoms. The van der Waals surface area contributed by atoms with Crippen molar-refractivity contribution in [2.24, 2.45) is 5.73 Å². The molecule has 3 aromatic carbocycles. The van der Waals surface area contributed by atoms with E-state index in [2.05, 4.69) is 10.6 Å². The van der Waals surface area contributed by atoms with Crippen LogP contribution in [0.15, 0.2) is 66.7 Å². The predicted octanol–water partition coefficient (Wildman–Crippen LogP) is 3.42. The number of aryl methyl sites for hydroxylation is 1. The molecule has 0 aliphatic heterocycles. The summed E-state index contributed by atoms with van der Waals surface area (Å²) in [7, 11) is 0. The smallest absolute Gasteiger partial charge is 0.408 e. The van der Waals surface area contributed by atoms with Crippen molar-refractivity contribution in [3.63, 3.8) is 0 Å². The Labute approximate surface area is 233 Å². The van der Waals surface area contributed by atoms with Crippen LogP contribution < -0.4 is 16.4 Å². The van der Waals surface area contributed by atoms with Gasteiger partial charge in [-0.15, -0.1) is 0 Å². The summed E-state index contributed by atoms with van der Waals surface area (Å²) in [6.45, 7) is 6.07. The van der Waals surface area contributed by atoms with Gasteiger partial charge in [-0.2, -0.15) is 0 Å². The van der Waals surface area contributed by atoms with Gasteiger partial charge in [0.25, 0.3) is 5.91 Å². The minimum absolute atomic E-state index is 0.256. The van der Waals surface area contributed by atoms with Gasteiger partial charge in [-0.25, -0.2) is 4.79 Å². The van der Waals surface area contributed by atoms with Crippen LogP contribution in [0.5, 0.6) is 0 Å². The standard InChI is InChI=1S/C30H36N4O6/c1-19-8-7-11-22(16-19)26(27(37)32-23-13-12-20-9-5-6-10-21(20)17-23)34(14-15-35)28(38)24(18-25(31)36)33-29(39)40-30(2,3)4/h5-13,16-17,24,26,35H,14-15,18H2,1-4H3,(H2,31,36)(H,32,37)(H,33,39). The summed E-state index contributed by atoms with van der Waals surface area (Å²) in [5.41, 5.74) is 6.37. The average Bonchev–Trinajstić information content (AvgIpc) is 2.86. The SMILES string of the molecule is Cc1cccc(C(C(=O)Nc2ccc3ccccc3c2)N(CCO)C(=O)C(CC(N)=O)NC(=O)OC(C)(C)C)c1. The first-order chi connectivity index (χ1) is 18.9. The topological polar surface area (TPSA) is 151 Å². The normalized spacial score (nSPS) is 12.7. The van der Waals surface area contributed by atoms with Gasteiger partial charge >= 0.3 is 6.09 Å². The lowest BCUT2D eigenvalue weighted by Crippen LogP contribution is -2.54. The van der Waals surface area contributed by atoms with E-state index in [0.717, 1.165) is 21.2 Å². The zero-order valence-corrected chi connectivity index (χ0v) is 23.1. The number of carbonyl (C=O) groups is 4. The number of aliphatic hydroxyl groups excluding tert-OH is 1. The predicted molar refractivity (Wildman–Crippen MR) is 152 cm³/mol. The summed E-state index contributed by atoms with van der Waals surface area (Å²) in [5, 5.41) is 17.1. The largest absolute Gasteiger partial charge is 0.444 e. The third-order valence-electron chi connectivity index (χ3n) is 5.95. The summed E-state index contributed by atoms with van der Waals surface area (Å²) in [4.78, 5) is 53.2. The Hall–Kier alpha value is -4.44. The van der Waals surface area contributed by atoms with Gasteiger partial charge in [-0.3, -0.25) is 14.4 Å². The molecule has 0 aliphatic rings. The molecule has 0 saturated carbocycles. The average molecular weight is 549 g/mol. The van der Waals surface area contributed by atoms with Gasteiger partial charge in [0.15, 0.2) is 0 Å². The highest BCUT2D eigenvalue weighted by molar-refractivity contribution is 6.01. The molecule has 10 nitrogen and oxygen atoms in total. The van der Waals surface area contributed by atoms with E-state index >= 15 is 0 Å². The number of anilines is 1. The number of nitrogens with one attached hydrogen (secondary N) is 2. The quantitative estimate of drug-likeness (QED) is 0.305.